The number of aromatic nitrogens is 2. The van der Waals surface area contributed by atoms with E-state index in [1.165, 1.54) is 18.5 Å². The summed E-state index contributed by atoms with van der Waals surface area (Å²) in [5, 5.41) is 29.5. The number of phenolic OH excluding ortho intramolecular Hbond substituents is 2. The molecule has 1 aliphatic rings. The molecule has 0 radical (unpaired) electrons. The molecule has 0 unspecified atom stereocenters. The smallest absolute Gasteiger partial charge is 0.265 e. The maximum Gasteiger partial charge on any atom is 0.265 e. The highest BCUT2D eigenvalue weighted by molar-refractivity contribution is 6.26. The minimum absolute atomic E-state index is 0.0506. The highest BCUT2D eigenvalue weighted by atomic mass is 16.3. The Balaban J connectivity index is 1.77. The maximum atomic E-state index is 12.8. The highest BCUT2D eigenvalue weighted by Gasteiger charge is 2.42. The lowest BCUT2D eigenvalue weighted by Crippen LogP contribution is -2.29. The average Bonchev–Trinajstić information content (AvgIpc) is 2.96. The number of nitriles is 1. The van der Waals surface area contributed by atoms with Gasteiger partial charge in [0.15, 0.2) is 11.5 Å². The van der Waals surface area contributed by atoms with Crippen LogP contribution in [0.2, 0.25) is 0 Å². The number of hydrogen-bond donors (Lipinski definition) is 2. The van der Waals surface area contributed by atoms with Crippen LogP contribution in [0.4, 0.5) is 0 Å². The number of phenols is 2. The van der Waals surface area contributed by atoms with Gasteiger partial charge in [-0.05, 0) is 23.3 Å². The van der Waals surface area contributed by atoms with Crippen LogP contribution in [0.5, 0.6) is 11.5 Å². The third kappa shape index (κ3) is 2.54. The van der Waals surface area contributed by atoms with Crippen LogP contribution in [0.15, 0.2) is 42.7 Å². The van der Waals surface area contributed by atoms with Crippen molar-refractivity contribution in [2.75, 3.05) is 0 Å². The van der Waals surface area contributed by atoms with E-state index in [-0.39, 0.29) is 28.7 Å². The number of carbonyl (C=O) groups excluding carboxylic acids is 2. The third-order valence-corrected chi connectivity index (χ3v) is 4.43. The molecule has 0 bridgehead atoms. The fourth-order valence-electron chi connectivity index (χ4n) is 3.19. The lowest BCUT2D eigenvalue weighted by atomic mass is 10.1. The van der Waals surface area contributed by atoms with Crippen molar-refractivity contribution in [2.24, 2.45) is 0 Å². The lowest BCUT2D eigenvalue weighted by Gasteiger charge is -2.14. The van der Waals surface area contributed by atoms with Gasteiger partial charge in [-0.3, -0.25) is 14.5 Å². The van der Waals surface area contributed by atoms with Gasteiger partial charge in [0.05, 0.1) is 12.6 Å². The molecule has 1 aromatic heterocycles. The molecule has 0 fully saturated rings. The molecule has 28 heavy (non-hydrogen) atoms. The normalized spacial score (nSPS) is 13.3. The minimum Gasteiger partial charge on any atom is -0.505 e. The number of nitrogens with zero attached hydrogens (tertiary/aromatic N) is 4. The summed E-state index contributed by atoms with van der Waals surface area (Å²) in [7, 11) is 0. The molecule has 0 aliphatic carbocycles. The van der Waals surface area contributed by atoms with Gasteiger partial charge in [0.1, 0.15) is 22.2 Å². The minimum atomic E-state index is -0.724. The first-order chi connectivity index (χ1) is 13.5. The summed E-state index contributed by atoms with van der Waals surface area (Å²) in [6.07, 6.45) is 5.55. The van der Waals surface area contributed by atoms with Crippen molar-refractivity contribution >= 4 is 28.9 Å². The number of aromatic hydroxyl groups is 2. The second kappa shape index (κ2) is 6.48. The fraction of sp³-hybridized carbons (Fsp3) is 0.0500. The molecule has 3 aromatic rings. The topological polar surface area (TPSA) is 127 Å². The summed E-state index contributed by atoms with van der Waals surface area (Å²) in [5.41, 5.74) is 0.720. The SMILES string of the molecule is N#C/C=C/c1cccc(CN2C(=O)c3c(c(O)c4nccnc4c3O)C2=O)c1. The van der Waals surface area contributed by atoms with Gasteiger partial charge in [-0.15, -0.1) is 0 Å². The summed E-state index contributed by atoms with van der Waals surface area (Å²) in [5.74, 6) is -2.42. The summed E-state index contributed by atoms with van der Waals surface area (Å²) >= 11 is 0. The first-order valence-corrected chi connectivity index (χ1v) is 8.23. The standard InChI is InChI=1S/C20H12N4O4/c21-6-2-5-11-3-1-4-12(9-11)10-24-19(27)13-14(20(24)28)18(26)16-15(17(13)25)22-7-8-23-16/h1-5,7-9,25-26H,10H2/b5-2+. The predicted octanol–water partition coefficient (Wildman–Crippen LogP) is 2.37. The molecular weight excluding hydrogens is 360 g/mol. The van der Waals surface area contributed by atoms with Crippen LogP contribution in [0.3, 0.4) is 0 Å². The van der Waals surface area contributed by atoms with Crippen LogP contribution in [-0.2, 0) is 6.54 Å². The molecule has 4 rings (SSSR count). The van der Waals surface area contributed by atoms with E-state index < -0.39 is 23.3 Å². The van der Waals surface area contributed by atoms with Crippen molar-refractivity contribution < 1.29 is 19.8 Å². The Morgan fingerprint density at radius 2 is 1.64 bits per heavy atom. The van der Waals surface area contributed by atoms with E-state index in [0.29, 0.717) is 5.56 Å². The van der Waals surface area contributed by atoms with E-state index in [9.17, 15) is 19.8 Å². The van der Waals surface area contributed by atoms with Gasteiger partial charge in [-0.1, -0.05) is 18.2 Å². The number of fused-ring (bicyclic) bond motifs is 2. The average molecular weight is 372 g/mol. The maximum absolute atomic E-state index is 12.8. The van der Waals surface area contributed by atoms with E-state index >= 15 is 0 Å². The van der Waals surface area contributed by atoms with E-state index in [1.54, 1.807) is 30.3 Å². The number of benzene rings is 2. The summed E-state index contributed by atoms with van der Waals surface area (Å²) < 4.78 is 0. The largest absolute Gasteiger partial charge is 0.505 e. The zero-order valence-electron chi connectivity index (χ0n) is 14.3. The highest BCUT2D eigenvalue weighted by Crippen LogP contribution is 2.42. The van der Waals surface area contributed by atoms with Crippen LogP contribution in [0.25, 0.3) is 17.1 Å². The number of carbonyl (C=O) groups is 2. The molecule has 0 saturated carbocycles. The van der Waals surface area contributed by atoms with Crippen molar-refractivity contribution in [3.8, 4) is 17.6 Å². The summed E-state index contributed by atoms with van der Waals surface area (Å²) in [6.45, 7) is -0.0589. The molecule has 8 nitrogen and oxygen atoms in total. The molecule has 0 saturated heterocycles. The van der Waals surface area contributed by atoms with Gasteiger partial charge < -0.3 is 10.2 Å². The van der Waals surface area contributed by atoms with E-state index in [0.717, 1.165) is 10.5 Å². The molecule has 0 spiro atoms. The Kier molecular flexibility index (Phi) is 3.98. The summed E-state index contributed by atoms with van der Waals surface area (Å²) in [6, 6.07) is 8.87. The van der Waals surface area contributed by atoms with Gasteiger partial charge in [0, 0.05) is 18.5 Å². The van der Waals surface area contributed by atoms with Gasteiger partial charge in [-0.25, -0.2) is 9.97 Å². The molecule has 2 aromatic carbocycles. The zero-order valence-corrected chi connectivity index (χ0v) is 14.3. The van der Waals surface area contributed by atoms with Crippen LogP contribution >= 0.6 is 0 Å². The molecule has 1 aliphatic heterocycles. The van der Waals surface area contributed by atoms with Crippen LogP contribution < -0.4 is 0 Å². The van der Waals surface area contributed by atoms with Crippen LogP contribution in [0, 0.1) is 11.3 Å². The quantitative estimate of drug-likeness (QED) is 0.410. The first kappa shape index (κ1) is 17.2. The molecular formula is C20H12N4O4. The monoisotopic (exact) mass is 372 g/mol. The van der Waals surface area contributed by atoms with Crippen molar-refractivity contribution in [2.45, 2.75) is 6.54 Å². The van der Waals surface area contributed by atoms with E-state index in [4.69, 9.17) is 5.26 Å². The number of imide groups is 1. The summed E-state index contributed by atoms with van der Waals surface area (Å²) in [4.78, 5) is 34.4. The first-order valence-electron chi connectivity index (χ1n) is 8.23. The van der Waals surface area contributed by atoms with Crippen molar-refractivity contribution in [1.29, 1.82) is 5.26 Å². The number of allylic oxidation sites excluding steroid dienone is 1. The molecule has 0 atom stereocenters. The van der Waals surface area contributed by atoms with Crippen LogP contribution in [0.1, 0.15) is 31.8 Å². The van der Waals surface area contributed by atoms with Gasteiger partial charge >= 0.3 is 0 Å². The van der Waals surface area contributed by atoms with Gasteiger partial charge in [0.2, 0.25) is 0 Å². The van der Waals surface area contributed by atoms with Gasteiger partial charge in [-0.2, -0.15) is 5.26 Å². The Morgan fingerprint density at radius 1 is 1.04 bits per heavy atom. The zero-order chi connectivity index (χ0) is 19.8. The lowest BCUT2D eigenvalue weighted by molar-refractivity contribution is 0.0641. The molecule has 136 valence electrons. The van der Waals surface area contributed by atoms with Gasteiger partial charge in [0.25, 0.3) is 11.8 Å². The predicted molar refractivity (Wildman–Crippen MR) is 98.2 cm³/mol. The molecule has 2 amide bonds. The second-order valence-electron chi connectivity index (χ2n) is 6.10. The Labute approximate surface area is 158 Å². The fourth-order valence-corrected chi connectivity index (χ4v) is 3.19. The van der Waals surface area contributed by atoms with E-state index in [2.05, 4.69) is 9.97 Å². The van der Waals surface area contributed by atoms with Crippen molar-refractivity contribution in [1.82, 2.24) is 14.9 Å². The number of amides is 2. The van der Waals surface area contributed by atoms with Crippen molar-refractivity contribution in [3.63, 3.8) is 0 Å². The molecule has 8 heteroatoms. The Morgan fingerprint density at radius 3 is 2.21 bits per heavy atom. The second-order valence-corrected chi connectivity index (χ2v) is 6.10. The third-order valence-electron chi connectivity index (χ3n) is 4.43. The van der Waals surface area contributed by atoms with E-state index in [1.807, 2.05) is 6.07 Å². The molecule has 2 heterocycles. The number of rotatable bonds is 3. The number of hydrogen-bond acceptors (Lipinski definition) is 7. The van der Waals surface area contributed by atoms with Crippen molar-refractivity contribution in [3.05, 3.63) is 65.0 Å². The molecule has 2 N–H and O–H groups in total. The van der Waals surface area contributed by atoms with Crippen LogP contribution in [-0.4, -0.2) is 36.9 Å². The Bertz CT molecular complexity index is 1170. The Hall–Kier alpha value is -4.25.